The van der Waals surface area contributed by atoms with Crippen LogP contribution in [0, 0.1) is 0 Å². The molecule has 0 radical (unpaired) electrons. The molecule has 0 saturated carbocycles. The van der Waals surface area contributed by atoms with Crippen LogP contribution in [-0.2, 0) is 9.47 Å². The molecule has 0 aliphatic carbocycles. The lowest BCUT2D eigenvalue weighted by molar-refractivity contribution is 0.125. The molecule has 2 nitrogen and oxygen atoms in total. The summed E-state index contributed by atoms with van der Waals surface area (Å²) < 4.78 is 10.9. The van der Waals surface area contributed by atoms with E-state index in [0.29, 0.717) is 6.10 Å². The first-order valence-corrected chi connectivity index (χ1v) is 12.1. The predicted octanol–water partition coefficient (Wildman–Crippen LogP) is 7.83. The van der Waals surface area contributed by atoms with Gasteiger partial charge >= 0.3 is 0 Å². The third-order valence-electron chi connectivity index (χ3n) is 5.61. The van der Waals surface area contributed by atoms with Crippen molar-refractivity contribution in [2.24, 2.45) is 0 Å². The second kappa shape index (κ2) is 19.7. The lowest BCUT2D eigenvalue weighted by atomic mass is 10.0. The molecular weight excluding hydrogens is 320 g/mol. The van der Waals surface area contributed by atoms with E-state index in [9.17, 15) is 0 Å². The van der Waals surface area contributed by atoms with Crippen LogP contribution in [0.4, 0.5) is 0 Å². The largest absolute Gasteiger partial charge is 0.381 e. The SMILES string of the molecule is CCCCCCCCCCCCCCCCCCOCCCCC1CO1. The molecule has 156 valence electrons. The summed E-state index contributed by atoms with van der Waals surface area (Å²) in [5.41, 5.74) is 0. The molecule has 0 N–H and O–H groups in total. The fourth-order valence-corrected chi connectivity index (χ4v) is 3.67. The van der Waals surface area contributed by atoms with E-state index in [1.54, 1.807) is 0 Å². The molecule has 0 aromatic rings. The number of hydrogen-bond acceptors (Lipinski definition) is 2. The number of rotatable bonds is 22. The van der Waals surface area contributed by atoms with Gasteiger partial charge in [0.05, 0.1) is 12.7 Å². The average molecular weight is 369 g/mol. The molecule has 0 aromatic carbocycles. The van der Waals surface area contributed by atoms with Gasteiger partial charge in [-0.25, -0.2) is 0 Å². The highest BCUT2D eigenvalue weighted by atomic mass is 16.6. The van der Waals surface area contributed by atoms with Crippen molar-refractivity contribution in [2.75, 3.05) is 19.8 Å². The van der Waals surface area contributed by atoms with Crippen LogP contribution in [0.2, 0.25) is 0 Å². The van der Waals surface area contributed by atoms with Crippen molar-refractivity contribution >= 4 is 0 Å². The normalized spacial score (nSPS) is 16.3. The summed E-state index contributed by atoms with van der Waals surface area (Å²) in [7, 11) is 0. The van der Waals surface area contributed by atoms with Gasteiger partial charge in [-0.15, -0.1) is 0 Å². The zero-order chi connectivity index (χ0) is 18.5. The lowest BCUT2D eigenvalue weighted by Gasteiger charge is -2.05. The first-order valence-electron chi connectivity index (χ1n) is 12.1. The smallest absolute Gasteiger partial charge is 0.0810 e. The van der Waals surface area contributed by atoms with Crippen molar-refractivity contribution in [1.82, 2.24) is 0 Å². The van der Waals surface area contributed by atoms with Gasteiger partial charge < -0.3 is 9.47 Å². The second-order valence-electron chi connectivity index (χ2n) is 8.37. The molecule has 1 rings (SSSR count). The van der Waals surface area contributed by atoms with E-state index in [0.717, 1.165) is 19.8 Å². The Morgan fingerprint density at radius 3 is 1.38 bits per heavy atom. The van der Waals surface area contributed by atoms with E-state index in [1.807, 2.05) is 0 Å². The fraction of sp³-hybridized carbons (Fsp3) is 1.00. The summed E-state index contributed by atoms with van der Waals surface area (Å²) in [6.45, 7) is 5.22. The third-order valence-corrected chi connectivity index (χ3v) is 5.61. The highest BCUT2D eigenvalue weighted by Gasteiger charge is 2.20. The quantitative estimate of drug-likeness (QED) is 0.143. The topological polar surface area (TPSA) is 21.8 Å². The van der Waals surface area contributed by atoms with Crippen LogP contribution in [0.25, 0.3) is 0 Å². The first-order chi connectivity index (χ1) is 12.9. The molecule has 1 heterocycles. The summed E-state index contributed by atoms with van der Waals surface area (Å²) in [6.07, 6.45) is 27.2. The zero-order valence-corrected chi connectivity index (χ0v) is 18.0. The summed E-state index contributed by atoms with van der Waals surface area (Å²) >= 11 is 0. The van der Waals surface area contributed by atoms with Crippen molar-refractivity contribution in [2.45, 2.75) is 135 Å². The first kappa shape index (κ1) is 24.0. The number of unbranched alkanes of at least 4 members (excludes halogenated alkanes) is 16. The van der Waals surface area contributed by atoms with E-state index >= 15 is 0 Å². The summed E-state index contributed by atoms with van der Waals surface area (Å²) in [4.78, 5) is 0. The molecular formula is C24H48O2. The molecule has 1 fully saturated rings. The Morgan fingerprint density at radius 1 is 0.577 bits per heavy atom. The Morgan fingerprint density at radius 2 is 0.962 bits per heavy atom. The maximum absolute atomic E-state index is 5.71. The molecule has 2 heteroatoms. The van der Waals surface area contributed by atoms with E-state index in [1.165, 1.54) is 122 Å². The Labute approximate surface area is 164 Å². The van der Waals surface area contributed by atoms with Gasteiger partial charge in [-0.1, -0.05) is 103 Å². The molecule has 1 saturated heterocycles. The minimum atomic E-state index is 0.593. The van der Waals surface area contributed by atoms with Crippen LogP contribution in [0.1, 0.15) is 129 Å². The van der Waals surface area contributed by atoms with Gasteiger partial charge in [0.15, 0.2) is 0 Å². The summed E-state index contributed by atoms with van der Waals surface area (Å²) in [5.74, 6) is 0. The van der Waals surface area contributed by atoms with Crippen LogP contribution in [0.3, 0.4) is 0 Å². The maximum Gasteiger partial charge on any atom is 0.0810 e. The van der Waals surface area contributed by atoms with Gasteiger partial charge in [0, 0.05) is 13.2 Å². The van der Waals surface area contributed by atoms with E-state index in [-0.39, 0.29) is 0 Å². The Kier molecular flexibility index (Phi) is 18.1. The molecule has 0 spiro atoms. The molecule has 0 amide bonds. The number of epoxide rings is 1. The van der Waals surface area contributed by atoms with Gasteiger partial charge in [-0.3, -0.25) is 0 Å². The molecule has 1 aliphatic rings. The van der Waals surface area contributed by atoms with Crippen molar-refractivity contribution < 1.29 is 9.47 Å². The van der Waals surface area contributed by atoms with Crippen molar-refractivity contribution in [1.29, 1.82) is 0 Å². The Balaban J connectivity index is 1.59. The highest BCUT2D eigenvalue weighted by Crippen LogP contribution is 2.16. The minimum absolute atomic E-state index is 0.593. The molecule has 26 heavy (non-hydrogen) atoms. The van der Waals surface area contributed by atoms with Crippen LogP contribution in [-0.4, -0.2) is 25.9 Å². The molecule has 0 bridgehead atoms. The van der Waals surface area contributed by atoms with Crippen molar-refractivity contribution in [3.63, 3.8) is 0 Å². The third kappa shape index (κ3) is 18.7. The molecule has 1 atom stereocenters. The van der Waals surface area contributed by atoms with Crippen LogP contribution in [0.15, 0.2) is 0 Å². The average Bonchev–Trinajstić information content (AvgIpc) is 3.47. The van der Waals surface area contributed by atoms with Crippen LogP contribution in [0.5, 0.6) is 0 Å². The number of hydrogen-bond donors (Lipinski definition) is 0. The minimum Gasteiger partial charge on any atom is -0.381 e. The van der Waals surface area contributed by atoms with Crippen molar-refractivity contribution in [3.05, 3.63) is 0 Å². The van der Waals surface area contributed by atoms with Gasteiger partial charge in [-0.05, 0) is 25.7 Å². The molecule has 0 aromatic heterocycles. The van der Waals surface area contributed by atoms with Crippen molar-refractivity contribution in [3.8, 4) is 0 Å². The van der Waals surface area contributed by atoms with Gasteiger partial charge in [0.1, 0.15) is 0 Å². The van der Waals surface area contributed by atoms with E-state index in [4.69, 9.17) is 9.47 Å². The van der Waals surface area contributed by atoms with E-state index < -0.39 is 0 Å². The van der Waals surface area contributed by atoms with Gasteiger partial charge in [0.25, 0.3) is 0 Å². The number of ether oxygens (including phenoxy) is 2. The molecule has 1 unspecified atom stereocenters. The Bertz CT molecular complexity index is 263. The summed E-state index contributed by atoms with van der Waals surface area (Å²) in [5, 5.41) is 0. The fourth-order valence-electron chi connectivity index (χ4n) is 3.67. The second-order valence-corrected chi connectivity index (χ2v) is 8.37. The van der Waals surface area contributed by atoms with Crippen LogP contribution >= 0.6 is 0 Å². The Hall–Kier alpha value is -0.0800. The summed E-state index contributed by atoms with van der Waals surface area (Å²) in [6, 6.07) is 0. The lowest BCUT2D eigenvalue weighted by Crippen LogP contribution is -1.98. The molecule has 1 aliphatic heterocycles. The highest BCUT2D eigenvalue weighted by molar-refractivity contribution is 4.67. The standard InChI is InChI=1S/C24H48O2/c1-2-3-4-5-6-7-8-9-10-11-12-13-14-15-16-18-21-25-22-19-17-20-24-23-26-24/h24H,2-23H2,1H3. The maximum atomic E-state index is 5.71. The monoisotopic (exact) mass is 368 g/mol. The van der Waals surface area contributed by atoms with Gasteiger partial charge in [-0.2, -0.15) is 0 Å². The van der Waals surface area contributed by atoms with E-state index in [2.05, 4.69) is 6.92 Å². The zero-order valence-electron chi connectivity index (χ0n) is 18.0. The van der Waals surface area contributed by atoms with Gasteiger partial charge in [0.2, 0.25) is 0 Å². The predicted molar refractivity (Wildman–Crippen MR) is 114 cm³/mol. The van der Waals surface area contributed by atoms with Crippen LogP contribution < -0.4 is 0 Å².